The SMILES string of the molecule is CC(C)(C)OC(=O)N1CCC[C@H]1C(=O)OCC(=O)c1ccc2c(c1)sc1cc(C(=O)COC(=O)[C@@H]3[C@@H]4CC[C@H](C4)N3C(=O)OC(C)(C)C)ccc12. The van der Waals surface area contributed by atoms with Gasteiger partial charge in [-0.25, -0.2) is 19.2 Å². The summed E-state index contributed by atoms with van der Waals surface area (Å²) in [4.78, 5) is 80.6. The lowest BCUT2D eigenvalue weighted by Gasteiger charge is -2.35. The van der Waals surface area contributed by atoms with Crippen molar-refractivity contribution in [1.82, 2.24) is 9.80 Å². The predicted molar refractivity (Wildman–Crippen MR) is 189 cm³/mol. The number of Topliss-reactive ketones (excluding diaryl/α,β-unsaturated/α-hetero) is 2. The third kappa shape index (κ3) is 7.88. The normalized spacial score (nSPS) is 21.6. The molecule has 0 unspecified atom stereocenters. The van der Waals surface area contributed by atoms with Crippen molar-refractivity contribution in [2.24, 2.45) is 5.92 Å². The minimum atomic E-state index is -0.803. The quantitative estimate of drug-likeness (QED) is 0.140. The largest absolute Gasteiger partial charge is 0.456 e. The van der Waals surface area contributed by atoms with Gasteiger partial charge in [-0.1, -0.05) is 24.3 Å². The molecule has 0 N–H and O–H groups in total. The lowest BCUT2D eigenvalue weighted by Crippen LogP contribution is -2.51. The highest BCUT2D eigenvalue weighted by molar-refractivity contribution is 7.25. The number of nitrogens with zero attached hydrogens (tertiary/aromatic N) is 2. The van der Waals surface area contributed by atoms with Crippen LogP contribution < -0.4 is 0 Å². The van der Waals surface area contributed by atoms with E-state index in [-0.39, 0.29) is 23.5 Å². The van der Waals surface area contributed by atoms with E-state index < -0.39 is 60.6 Å². The molecule has 1 aliphatic carbocycles. The number of hydrogen-bond acceptors (Lipinski definition) is 11. The molecule has 0 radical (unpaired) electrons. The lowest BCUT2D eigenvalue weighted by molar-refractivity contribution is -0.150. The Labute approximate surface area is 300 Å². The van der Waals surface area contributed by atoms with Gasteiger partial charge in [-0.3, -0.25) is 19.4 Å². The van der Waals surface area contributed by atoms with Gasteiger partial charge in [0.1, 0.15) is 23.3 Å². The summed E-state index contributed by atoms with van der Waals surface area (Å²) in [5, 5.41) is 1.79. The molecule has 2 aliphatic heterocycles. The highest BCUT2D eigenvalue weighted by atomic mass is 32.1. The molecule has 3 aromatic rings. The molecule has 12 nitrogen and oxygen atoms in total. The Kier molecular flexibility index (Phi) is 9.88. The second kappa shape index (κ2) is 13.9. The Morgan fingerprint density at radius 1 is 0.725 bits per heavy atom. The third-order valence-electron chi connectivity index (χ3n) is 9.39. The van der Waals surface area contributed by atoms with Crippen LogP contribution in [-0.4, -0.2) is 94.6 Å². The van der Waals surface area contributed by atoms with Crippen LogP contribution in [0.3, 0.4) is 0 Å². The van der Waals surface area contributed by atoms with Gasteiger partial charge in [0.25, 0.3) is 0 Å². The number of piperidine rings is 1. The number of hydrogen-bond donors (Lipinski definition) is 0. The number of ether oxygens (including phenoxy) is 4. The standard InChI is InChI=1S/C38H44N2O10S/c1-37(2,3)49-35(45)39-15-7-8-27(39)33(43)47-19-28(41)21-10-13-25-26-14-11-22(18-31(26)51-30(25)17-21)29(42)20-48-34(44)32-23-9-12-24(16-23)40(32)36(46)50-38(4,5)6/h10-11,13-14,17-18,23-24,27,32H,7-9,12,15-16,19-20H2,1-6H3/t23-,24-,27+,32+/m1/s1. The van der Waals surface area contributed by atoms with Gasteiger partial charge in [-0.05, 0) is 91.7 Å². The average molecular weight is 721 g/mol. The zero-order valence-electron chi connectivity index (χ0n) is 29.8. The number of ketones is 2. The smallest absolute Gasteiger partial charge is 0.411 e. The number of fused-ring (bicyclic) bond motifs is 5. The second-order valence-electron chi connectivity index (χ2n) is 15.5. The molecule has 2 amide bonds. The van der Waals surface area contributed by atoms with E-state index in [1.54, 1.807) is 65.8 Å². The second-order valence-corrected chi connectivity index (χ2v) is 16.6. The summed E-state index contributed by atoms with van der Waals surface area (Å²) >= 11 is 1.40. The Morgan fingerprint density at radius 3 is 1.84 bits per heavy atom. The zero-order valence-corrected chi connectivity index (χ0v) is 30.6. The van der Waals surface area contributed by atoms with Crippen LogP contribution in [0.25, 0.3) is 20.2 Å². The fourth-order valence-electron chi connectivity index (χ4n) is 7.16. The summed E-state index contributed by atoms with van der Waals surface area (Å²) in [6.07, 6.45) is 2.26. The van der Waals surface area contributed by atoms with Crippen molar-refractivity contribution in [2.45, 2.75) is 103 Å². The van der Waals surface area contributed by atoms with E-state index in [4.69, 9.17) is 18.9 Å². The van der Waals surface area contributed by atoms with E-state index in [1.807, 2.05) is 12.1 Å². The zero-order chi connectivity index (χ0) is 36.8. The first-order valence-electron chi connectivity index (χ1n) is 17.4. The van der Waals surface area contributed by atoms with Gasteiger partial charge in [0.05, 0.1) is 0 Å². The van der Waals surface area contributed by atoms with Crippen LogP contribution in [0.5, 0.6) is 0 Å². The molecule has 1 aromatic heterocycles. The van der Waals surface area contributed by atoms with Crippen molar-refractivity contribution in [3.8, 4) is 0 Å². The Bertz CT molecular complexity index is 1900. The molecular weight excluding hydrogens is 676 g/mol. The minimum Gasteiger partial charge on any atom is -0.456 e. The minimum absolute atomic E-state index is 0.0225. The van der Waals surface area contributed by atoms with E-state index >= 15 is 0 Å². The van der Waals surface area contributed by atoms with Crippen molar-refractivity contribution in [1.29, 1.82) is 0 Å². The molecule has 3 heterocycles. The first-order chi connectivity index (χ1) is 24.0. The van der Waals surface area contributed by atoms with Crippen LogP contribution in [-0.2, 0) is 28.5 Å². The Hall–Kier alpha value is -4.52. The van der Waals surface area contributed by atoms with Gasteiger partial charge in [0.2, 0.25) is 0 Å². The first kappa shape index (κ1) is 36.3. The number of esters is 2. The summed E-state index contributed by atoms with van der Waals surface area (Å²) < 4.78 is 23.4. The van der Waals surface area contributed by atoms with Crippen LogP contribution >= 0.6 is 11.3 Å². The fraction of sp³-hybridized carbons (Fsp3) is 0.526. The average Bonchev–Trinajstić information content (AvgIpc) is 3.86. The topological polar surface area (TPSA) is 146 Å². The van der Waals surface area contributed by atoms with E-state index in [0.29, 0.717) is 36.9 Å². The molecule has 3 aliphatic rings. The maximum absolute atomic E-state index is 13.2. The number of thiophene rings is 1. The number of carbonyl (C=O) groups excluding carboxylic acids is 6. The molecule has 272 valence electrons. The highest BCUT2D eigenvalue weighted by Crippen LogP contribution is 2.43. The summed E-state index contributed by atoms with van der Waals surface area (Å²) in [7, 11) is 0. The number of carbonyl (C=O) groups is 6. The molecule has 0 spiro atoms. The summed E-state index contributed by atoms with van der Waals surface area (Å²) in [5.41, 5.74) is -0.676. The van der Waals surface area contributed by atoms with Crippen molar-refractivity contribution < 1.29 is 47.7 Å². The van der Waals surface area contributed by atoms with Crippen LogP contribution in [0.15, 0.2) is 36.4 Å². The van der Waals surface area contributed by atoms with Gasteiger partial charge >= 0.3 is 24.1 Å². The number of likely N-dealkylation sites (tertiary alicyclic amines) is 2. The monoisotopic (exact) mass is 720 g/mol. The molecule has 2 saturated heterocycles. The fourth-order valence-corrected chi connectivity index (χ4v) is 8.35. The van der Waals surface area contributed by atoms with Crippen molar-refractivity contribution in [2.75, 3.05) is 19.8 Å². The predicted octanol–water partition coefficient (Wildman–Crippen LogP) is 6.69. The number of rotatable bonds is 8. The van der Waals surface area contributed by atoms with E-state index in [0.717, 1.165) is 33.0 Å². The molecule has 13 heteroatoms. The third-order valence-corrected chi connectivity index (χ3v) is 10.5. The van der Waals surface area contributed by atoms with Gasteiger partial charge in [0.15, 0.2) is 24.8 Å². The van der Waals surface area contributed by atoms with Gasteiger partial charge < -0.3 is 18.9 Å². The number of benzene rings is 2. The van der Waals surface area contributed by atoms with Crippen molar-refractivity contribution in [3.63, 3.8) is 0 Å². The molecule has 4 atom stereocenters. The summed E-state index contributed by atoms with van der Waals surface area (Å²) in [6.45, 7) is 10.0. The molecule has 3 fully saturated rings. The Morgan fingerprint density at radius 2 is 1.27 bits per heavy atom. The number of amides is 2. The molecule has 51 heavy (non-hydrogen) atoms. The summed E-state index contributed by atoms with van der Waals surface area (Å²) in [5.74, 6) is -2.03. The van der Waals surface area contributed by atoms with Crippen LogP contribution in [0.1, 0.15) is 94.4 Å². The lowest BCUT2D eigenvalue weighted by atomic mass is 9.99. The van der Waals surface area contributed by atoms with Crippen molar-refractivity contribution >= 4 is 67.2 Å². The maximum atomic E-state index is 13.2. The molecule has 6 rings (SSSR count). The van der Waals surface area contributed by atoms with Crippen LogP contribution in [0.2, 0.25) is 0 Å². The van der Waals surface area contributed by atoms with Gasteiger partial charge in [-0.15, -0.1) is 11.3 Å². The first-order valence-corrected chi connectivity index (χ1v) is 18.2. The maximum Gasteiger partial charge on any atom is 0.411 e. The van der Waals surface area contributed by atoms with E-state index in [1.165, 1.54) is 21.1 Å². The Balaban J connectivity index is 1.07. The molecule has 2 aromatic carbocycles. The van der Waals surface area contributed by atoms with Crippen LogP contribution in [0.4, 0.5) is 9.59 Å². The molecule has 2 bridgehead atoms. The van der Waals surface area contributed by atoms with Crippen LogP contribution in [0, 0.1) is 5.92 Å². The highest BCUT2D eigenvalue weighted by Gasteiger charge is 2.53. The molecular formula is C38H44N2O10S. The van der Waals surface area contributed by atoms with Crippen molar-refractivity contribution in [3.05, 3.63) is 47.5 Å². The van der Waals surface area contributed by atoms with E-state index in [2.05, 4.69) is 0 Å². The van der Waals surface area contributed by atoms with Gasteiger partial charge in [0, 0.05) is 43.9 Å². The van der Waals surface area contributed by atoms with E-state index in [9.17, 15) is 28.8 Å². The molecule has 1 saturated carbocycles. The van der Waals surface area contributed by atoms with Gasteiger partial charge in [-0.2, -0.15) is 0 Å². The summed E-state index contributed by atoms with van der Waals surface area (Å²) in [6, 6.07) is 8.81.